The Hall–Kier alpha value is -1.91. The van der Waals surface area contributed by atoms with Gasteiger partial charge in [-0.05, 0) is 36.6 Å². The molecule has 0 aliphatic rings. The van der Waals surface area contributed by atoms with Crippen molar-refractivity contribution in [3.63, 3.8) is 0 Å². The Morgan fingerprint density at radius 3 is 2.83 bits per heavy atom. The standard InChI is InChI=1S/C14H13N3S/c1-9-4-5-12-10(7-9)8-11(14(16-12)17-15)13-3-2-6-18-13/h2-8H,15H2,1H3,(H,16,17). The number of pyridine rings is 1. The molecule has 18 heavy (non-hydrogen) atoms. The zero-order valence-electron chi connectivity index (χ0n) is 9.97. The van der Waals surface area contributed by atoms with E-state index in [1.54, 1.807) is 11.3 Å². The molecule has 0 amide bonds. The lowest BCUT2D eigenvalue weighted by atomic mass is 10.1. The van der Waals surface area contributed by atoms with E-state index in [9.17, 15) is 0 Å². The molecule has 0 saturated heterocycles. The summed E-state index contributed by atoms with van der Waals surface area (Å²) < 4.78 is 0. The molecule has 0 spiro atoms. The molecule has 4 heteroatoms. The van der Waals surface area contributed by atoms with Gasteiger partial charge in [0.1, 0.15) is 5.82 Å². The molecule has 2 heterocycles. The largest absolute Gasteiger partial charge is 0.308 e. The van der Waals surface area contributed by atoms with Gasteiger partial charge in [-0.25, -0.2) is 10.8 Å². The number of aromatic nitrogens is 1. The van der Waals surface area contributed by atoms with Crippen LogP contribution in [0.2, 0.25) is 0 Å². The van der Waals surface area contributed by atoms with Crippen molar-refractivity contribution in [1.82, 2.24) is 4.98 Å². The fourth-order valence-corrected chi connectivity index (χ4v) is 2.77. The van der Waals surface area contributed by atoms with Crippen LogP contribution < -0.4 is 11.3 Å². The molecule has 0 aliphatic carbocycles. The van der Waals surface area contributed by atoms with Gasteiger partial charge in [0.05, 0.1) is 5.52 Å². The predicted octanol–water partition coefficient (Wildman–Crippen LogP) is 3.56. The lowest BCUT2D eigenvalue weighted by molar-refractivity contribution is 1.26. The number of rotatable bonds is 2. The monoisotopic (exact) mass is 255 g/mol. The number of nitrogens with two attached hydrogens (primary N) is 1. The predicted molar refractivity (Wildman–Crippen MR) is 77.6 cm³/mol. The Bertz CT molecular complexity index is 690. The summed E-state index contributed by atoms with van der Waals surface area (Å²) in [5.74, 6) is 6.29. The molecular weight excluding hydrogens is 242 g/mol. The Balaban J connectivity index is 2.29. The molecule has 0 fully saturated rings. The third-order valence-electron chi connectivity index (χ3n) is 2.89. The topological polar surface area (TPSA) is 50.9 Å². The first kappa shape index (κ1) is 11.2. The van der Waals surface area contributed by atoms with Crippen LogP contribution in [0.4, 0.5) is 5.82 Å². The minimum atomic E-state index is 0.716. The number of aryl methyl sites for hydroxylation is 1. The van der Waals surface area contributed by atoms with Crippen molar-refractivity contribution >= 4 is 28.1 Å². The van der Waals surface area contributed by atoms with Crippen molar-refractivity contribution < 1.29 is 0 Å². The Labute approximate surface area is 109 Å². The lowest BCUT2D eigenvalue weighted by Crippen LogP contribution is -2.09. The zero-order chi connectivity index (χ0) is 12.5. The molecule has 3 N–H and O–H groups in total. The molecule has 3 aromatic rings. The molecule has 2 aromatic heterocycles. The van der Waals surface area contributed by atoms with E-state index in [1.165, 1.54) is 10.4 Å². The maximum Gasteiger partial charge on any atom is 0.149 e. The maximum atomic E-state index is 5.57. The minimum Gasteiger partial charge on any atom is -0.308 e. The molecular formula is C14H13N3S. The number of fused-ring (bicyclic) bond motifs is 1. The average molecular weight is 255 g/mol. The summed E-state index contributed by atoms with van der Waals surface area (Å²) in [6.07, 6.45) is 0. The van der Waals surface area contributed by atoms with Crippen LogP contribution in [0.3, 0.4) is 0 Å². The Morgan fingerprint density at radius 2 is 2.11 bits per heavy atom. The number of benzene rings is 1. The van der Waals surface area contributed by atoms with Crippen LogP contribution in [-0.4, -0.2) is 4.98 Å². The van der Waals surface area contributed by atoms with Crippen molar-refractivity contribution in [3.05, 3.63) is 47.3 Å². The molecule has 3 nitrogen and oxygen atoms in total. The third-order valence-corrected chi connectivity index (χ3v) is 3.80. The van der Waals surface area contributed by atoms with Gasteiger partial charge in [-0.1, -0.05) is 17.7 Å². The van der Waals surface area contributed by atoms with E-state index in [0.717, 1.165) is 16.5 Å². The van der Waals surface area contributed by atoms with Gasteiger partial charge in [0, 0.05) is 15.8 Å². The van der Waals surface area contributed by atoms with Crippen LogP contribution in [-0.2, 0) is 0 Å². The van der Waals surface area contributed by atoms with Gasteiger partial charge in [-0.2, -0.15) is 0 Å². The van der Waals surface area contributed by atoms with E-state index in [1.807, 2.05) is 12.1 Å². The molecule has 0 bridgehead atoms. The summed E-state index contributed by atoms with van der Waals surface area (Å²) in [6, 6.07) is 12.4. The average Bonchev–Trinajstić information content (AvgIpc) is 2.90. The number of hydrogen-bond acceptors (Lipinski definition) is 4. The van der Waals surface area contributed by atoms with Gasteiger partial charge >= 0.3 is 0 Å². The maximum absolute atomic E-state index is 5.57. The lowest BCUT2D eigenvalue weighted by Gasteiger charge is -2.09. The van der Waals surface area contributed by atoms with E-state index in [2.05, 4.69) is 47.0 Å². The molecule has 0 saturated carbocycles. The van der Waals surface area contributed by atoms with Crippen molar-refractivity contribution in [2.45, 2.75) is 6.92 Å². The number of nitrogen functional groups attached to an aromatic ring is 1. The summed E-state index contributed by atoms with van der Waals surface area (Å²) >= 11 is 1.68. The zero-order valence-corrected chi connectivity index (χ0v) is 10.8. The van der Waals surface area contributed by atoms with Crippen LogP contribution in [0.15, 0.2) is 41.8 Å². The van der Waals surface area contributed by atoms with Crippen LogP contribution in [0, 0.1) is 6.92 Å². The van der Waals surface area contributed by atoms with E-state index >= 15 is 0 Å². The minimum absolute atomic E-state index is 0.716. The van der Waals surface area contributed by atoms with E-state index in [-0.39, 0.29) is 0 Å². The van der Waals surface area contributed by atoms with Crippen LogP contribution >= 0.6 is 11.3 Å². The van der Waals surface area contributed by atoms with Crippen LogP contribution in [0.5, 0.6) is 0 Å². The Kier molecular flexibility index (Phi) is 2.74. The number of nitrogens with zero attached hydrogens (tertiary/aromatic N) is 1. The molecule has 0 unspecified atom stereocenters. The number of thiophene rings is 1. The number of hydrazine groups is 1. The van der Waals surface area contributed by atoms with Gasteiger partial charge in [-0.15, -0.1) is 11.3 Å². The highest BCUT2D eigenvalue weighted by Crippen LogP contribution is 2.32. The first-order valence-corrected chi connectivity index (χ1v) is 6.58. The highest BCUT2D eigenvalue weighted by atomic mass is 32.1. The molecule has 0 aliphatic heterocycles. The summed E-state index contributed by atoms with van der Waals surface area (Å²) in [6.45, 7) is 2.08. The first-order chi connectivity index (χ1) is 8.78. The van der Waals surface area contributed by atoms with Gasteiger partial charge in [-0.3, -0.25) is 0 Å². The second-order valence-corrected chi connectivity index (χ2v) is 5.15. The molecule has 0 radical (unpaired) electrons. The van der Waals surface area contributed by atoms with Gasteiger partial charge in [0.25, 0.3) is 0 Å². The third kappa shape index (κ3) is 1.85. The SMILES string of the molecule is Cc1ccc2nc(NN)c(-c3cccs3)cc2c1. The number of nitrogens with one attached hydrogen (secondary N) is 1. The molecule has 0 atom stereocenters. The smallest absolute Gasteiger partial charge is 0.149 e. The second kappa shape index (κ2) is 4.40. The van der Waals surface area contributed by atoms with E-state index in [0.29, 0.717) is 5.82 Å². The van der Waals surface area contributed by atoms with Gasteiger partial charge < -0.3 is 5.43 Å². The van der Waals surface area contributed by atoms with Gasteiger partial charge in [0.2, 0.25) is 0 Å². The second-order valence-electron chi connectivity index (χ2n) is 4.20. The van der Waals surface area contributed by atoms with Crippen molar-refractivity contribution in [3.8, 4) is 10.4 Å². The summed E-state index contributed by atoms with van der Waals surface area (Å²) in [4.78, 5) is 5.73. The van der Waals surface area contributed by atoms with E-state index in [4.69, 9.17) is 5.84 Å². The molecule has 90 valence electrons. The quantitative estimate of drug-likeness (QED) is 0.544. The van der Waals surface area contributed by atoms with Crippen molar-refractivity contribution in [1.29, 1.82) is 0 Å². The Morgan fingerprint density at radius 1 is 1.22 bits per heavy atom. The fraction of sp³-hybridized carbons (Fsp3) is 0.0714. The first-order valence-electron chi connectivity index (χ1n) is 5.70. The van der Waals surface area contributed by atoms with Gasteiger partial charge in [0.15, 0.2) is 0 Å². The van der Waals surface area contributed by atoms with E-state index < -0.39 is 0 Å². The highest BCUT2D eigenvalue weighted by Gasteiger charge is 2.09. The molecule has 3 rings (SSSR count). The molecule has 1 aromatic carbocycles. The normalized spacial score (nSPS) is 10.8. The summed E-state index contributed by atoms with van der Waals surface area (Å²) in [5, 5.41) is 3.19. The number of hydrogen-bond donors (Lipinski definition) is 2. The van der Waals surface area contributed by atoms with Crippen molar-refractivity contribution in [2.75, 3.05) is 5.43 Å². The van der Waals surface area contributed by atoms with Crippen LogP contribution in [0.25, 0.3) is 21.3 Å². The summed E-state index contributed by atoms with van der Waals surface area (Å²) in [7, 11) is 0. The highest BCUT2D eigenvalue weighted by molar-refractivity contribution is 7.13. The fourth-order valence-electron chi connectivity index (χ4n) is 2.03. The number of anilines is 1. The summed E-state index contributed by atoms with van der Waals surface area (Å²) in [5.41, 5.74) is 5.92. The van der Waals surface area contributed by atoms with Crippen molar-refractivity contribution in [2.24, 2.45) is 5.84 Å². The van der Waals surface area contributed by atoms with Crippen LogP contribution in [0.1, 0.15) is 5.56 Å².